The predicted octanol–water partition coefficient (Wildman–Crippen LogP) is 2.22. The van der Waals surface area contributed by atoms with Gasteiger partial charge in [0.15, 0.2) is 5.69 Å². The Morgan fingerprint density at radius 3 is 3.19 bits per heavy atom. The molecule has 0 unspecified atom stereocenters. The summed E-state index contributed by atoms with van der Waals surface area (Å²) in [6, 6.07) is 1.46. The molecule has 0 radical (unpaired) electrons. The molecular weight excluding hydrogens is 290 g/mol. The van der Waals surface area contributed by atoms with E-state index >= 15 is 0 Å². The smallest absolute Gasteiger partial charge is 0.273 e. The van der Waals surface area contributed by atoms with E-state index < -0.39 is 0 Å². The molecule has 0 fully saturated rings. The zero-order valence-corrected chi connectivity index (χ0v) is 12.6. The van der Waals surface area contributed by atoms with Gasteiger partial charge in [0.1, 0.15) is 11.3 Å². The molecule has 1 amide bonds. The fraction of sp³-hybridized carbons (Fsp3) is 0.385. The summed E-state index contributed by atoms with van der Waals surface area (Å²) in [6.07, 6.45) is 3.53. The lowest BCUT2D eigenvalue weighted by Crippen LogP contribution is -2.27. The van der Waals surface area contributed by atoms with Crippen LogP contribution < -0.4 is 5.32 Å². The highest BCUT2D eigenvalue weighted by Gasteiger charge is 2.18. The van der Waals surface area contributed by atoms with Gasteiger partial charge >= 0.3 is 0 Å². The molecule has 0 aromatic carbocycles. The quantitative estimate of drug-likeness (QED) is 0.781. The SMILES string of the molecule is CCCc1cc(C(=O)N[C@@H](C)c2cn3ncsc3n2)no1. The second-order valence-electron chi connectivity index (χ2n) is 4.76. The first-order valence-electron chi connectivity index (χ1n) is 6.72. The fourth-order valence-electron chi connectivity index (χ4n) is 1.99. The lowest BCUT2D eigenvalue weighted by Gasteiger charge is -2.09. The number of carbonyl (C=O) groups excluding carboxylic acids is 1. The van der Waals surface area contributed by atoms with Gasteiger partial charge in [-0.05, 0) is 13.3 Å². The molecule has 3 aromatic rings. The Labute approximate surface area is 125 Å². The van der Waals surface area contributed by atoms with Crippen LogP contribution in [0.25, 0.3) is 4.96 Å². The number of rotatable bonds is 5. The Bertz CT molecular complexity index is 731. The van der Waals surface area contributed by atoms with E-state index in [-0.39, 0.29) is 11.9 Å². The summed E-state index contributed by atoms with van der Waals surface area (Å²) in [5.41, 5.74) is 2.78. The Balaban J connectivity index is 1.69. The molecular formula is C13H15N5O2S. The van der Waals surface area contributed by atoms with Crippen LogP contribution in [0.2, 0.25) is 0 Å². The van der Waals surface area contributed by atoms with Crippen molar-refractivity contribution in [1.82, 2.24) is 25.1 Å². The third-order valence-electron chi connectivity index (χ3n) is 3.08. The maximum atomic E-state index is 12.1. The van der Waals surface area contributed by atoms with E-state index in [9.17, 15) is 4.79 Å². The van der Waals surface area contributed by atoms with Crippen LogP contribution in [0.3, 0.4) is 0 Å². The van der Waals surface area contributed by atoms with Crippen LogP contribution in [0, 0.1) is 0 Å². The van der Waals surface area contributed by atoms with Crippen molar-refractivity contribution in [3.8, 4) is 0 Å². The summed E-state index contributed by atoms with van der Waals surface area (Å²) in [7, 11) is 0. The minimum absolute atomic E-state index is 0.224. The largest absolute Gasteiger partial charge is 0.361 e. The van der Waals surface area contributed by atoms with Gasteiger partial charge in [0.25, 0.3) is 5.91 Å². The lowest BCUT2D eigenvalue weighted by molar-refractivity contribution is 0.0930. The van der Waals surface area contributed by atoms with Crippen molar-refractivity contribution < 1.29 is 9.32 Å². The molecule has 7 nitrogen and oxygen atoms in total. The molecule has 3 rings (SSSR count). The second-order valence-corrected chi connectivity index (χ2v) is 5.57. The van der Waals surface area contributed by atoms with Crippen molar-refractivity contribution >= 4 is 22.2 Å². The van der Waals surface area contributed by atoms with Gasteiger partial charge in [-0.25, -0.2) is 9.50 Å². The maximum Gasteiger partial charge on any atom is 0.273 e. The summed E-state index contributed by atoms with van der Waals surface area (Å²) < 4.78 is 6.80. The van der Waals surface area contributed by atoms with E-state index in [0.717, 1.165) is 29.3 Å². The lowest BCUT2D eigenvalue weighted by atomic mass is 10.2. The molecule has 3 heterocycles. The first kappa shape index (κ1) is 13.7. The number of hydrogen-bond acceptors (Lipinski definition) is 6. The minimum atomic E-state index is -0.266. The Morgan fingerprint density at radius 2 is 2.43 bits per heavy atom. The van der Waals surface area contributed by atoms with Crippen LogP contribution in [0.1, 0.15) is 48.3 Å². The number of hydrogen-bond donors (Lipinski definition) is 1. The number of aromatic nitrogens is 4. The summed E-state index contributed by atoms with van der Waals surface area (Å²) in [6.45, 7) is 3.92. The summed E-state index contributed by atoms with van der Waals surface area (Å²) in [5.74, 6) is 0.458. The number of amides is 1. The van der Waals surface area contributed by atoms with Gasteiger partial charge < -0.3 is 9.84 Å². The molecule has 1 N–H and O–H groups in total. The fourth-order valence-corrected chi connectivity index (χ4v) is 2.60. The van der Waals surface area contributed by atoms with Gasteiger partial charge in [-0.15, -0.1) is 0 Å². The van der Waals surface area contributed by atoms with Gasteiger partial charge in [0.2, 0.25) is 4.96 Å². The zero-order chi connectivity index (χ0) is 14.8. The zero-order valence-electron chi connectivity index (χ0n) is 11.7. The molecule has 0 aliphatic rings. The number of fused-ring (bicyclic) bond motifs is 1. The first-order chi connectivity index (χ1) is 10.2. The van der Waals surface area contributed by atoms with E-state index in [2.05, 4.69) is 20.6 Å². The van der Waals surface area contributed by atoms with Crippen molar-refractivity contribution in [1.29, 1.82) is 0 Å². The van der Waals surface area contributed by atoms with Crippen molar-refractivity contribution in [2.75, 3.05) is 0 Å². The first-order valence-corrected chi connectivity index (χ1v) is 7.60. The Morgan fingerprint density at radius 1 is 1.57 bits per heavy atom. The van der Waals surface area contributed by atoms with Crippen LogP contribution >= 0.6 is 11.3 Å². The number of aryl methyl sites for hydroxylation is 1. The van der Waals surface area contributed by atoms with E-state index in [4.69, 9.17) is 4.52 Å². The minimum Gasteiger partial charge on any atom is -0.361 e. The van der Waals surface area contributed by atoms with E-state index in [1.165, 1.54) is 11.3 Å². The monoisotopic (exact) mass is 305 g/mol. The average Bonchev–Trinajstić information content (AvgIpc) is 3.13. The molecule has 8 heteroatoms. The highest BCUT2D eigenvalue weighted by Crippen LogP contribution is 2.16. The van der Waals surface area contributed by atoms with Crippen LogP contribution in [-0.2, 0) is 6.42 Å². The summed E-state index contributed by atoms with van der Waals surface area (Å²) >= 11 is 1.45. The average molecular weight is 305 g/mol. The number of carbonyl (C=O) groups is 1. The van der Waals surface area contributed by atoms with Gasteiger partial charge in [-0.1, -0.05) is 23.4 Å². The van der Waals surface area contributed by atoms with Gasteiger partial charge in [0, 0.05) is 12.5 Å². The van der Waals surface area contributed by atoms with E-state index in [0.29, 0.717) is 5.69 Å². The predicted molar refractivity (Wildman–Crippen MR) is 77.2 cm³/mol. The van der Waals surface area contributed by atoms with Gasteiger partial charge in [-0.2, -0.15) is 5.10 Å². The Hall–Kier alpha value is -2.22. The third-order valence-corrected chi connectivity index (χ3v) is 3.77. The van der Waals surface area contributed by atoms with Crippen molar-refractivity contribution in [2.24, 2.45) is 0 Å². The third kappa shape index (κ3) is 2.80. The van der Waals surface area contributed by atoms with Crippen molar-refractivity contribution in [3.05, 3.63) is 34.9 Å². The van der Waals surface area contributed by atoms with Crippen LogP contribution in [0.4, 0.5) is 0 Å². The second kappa shape index (κ2) is 5.65. The van der Waals surface area contributed by atoms with Crippen molar-refractivity contribution in [3.63, 3.8) is 0 Å². The summed E-state index contributed by atoms with van der Waals surface area (Å²) in [4.78, 5) is 17.3. The molecule has 0 aliphatic carbocycles. The van der Waals surface area contributed by atoms with E-state index in [1.54, 1.807) is 16.1 Å². The van der Waals surface area contributed by atoms with Crippen LogP contribution in [-0.4, -0.2) is 25.7 Å². The molecule has 0 saturated heterocycles. The molecule has 0 saturated carbocycles. The van der Waals surface area contributed by atoms with Crippen LogP contribution in [0.5, 0.6) is 0 Å². The number of nitrogens with one attached hydrogen (secondary N) is 1. The molecule has 0 bridgehead atoms. The number of nitrogens with zero attached hydrogens (tertiary/aromatic N) is 4. The standard InChI is InChI=1S/C13H15N5O2S/c1-3-4-9-5-10(17-20-9)12(19)15-8(2)11-6-18-13(16-11)21-7-14-18/h5-8H,3-4H2,1-2H3,(H,15,19)/t8-/m0/s1. The topological polar surface area (TPSA) is 85.3 Å². The van der Waals surface area contributed by atoms with Gasteiger partial charge in [-0.3, -0.25) is 4.79 Å². The van der Waals surface area contributed by atoms with Crippen molar-refractivity contribution in [2.45, 2.75) is 32.7 Å². The Kier molecular flexibility index (Phi) is 3.70. The molecule has 21 heavy (non-hydrogen) atoms. The number of imidazole rings is 1. The van der Waals surface area contributed by atoms with Gasteiger partial charge in [0.05, 0.1) is 17.9 Å². The summed E-state index contributed by atoms with van der Waals surface area (Å²) in [5, 5.41) is 10.8. The molecule has 0 spiro atoms. The maximum absolute atomic E-state index is 12.1. The molecule has 1 atom stereocenters. The molecule has 0 aliphatic heterocycles. The molecule has 3 aromatic heterocycles. The highest BCUT2D eigenvalue weighted by atomic mass is 32.1. The molecule has 110 valence electrons. The van der Waals surface area contributed by atoms with E-state index in [1.807, 2.05) is 20.0 Å². The highest BCUT2D eigenvalue weighted by molar-refractivity contribution is 7.14. The normalized spacial score (nSPS) is 12.7. The van der Waals surface area contributed by atoms with Crippen LogP contribution in [0.15, 0.2) is 22.3 Å².